The molecule has 0 saturated carbocycles. The lowest BCUT2D eigenvalue weighted by Gasteiger charge is -2.44. The number of hydrogen-bond acceptors (Lipinski definition) is 5. The minimum Gasteiger partial charge on any atom is -0.368 e. The topological polar surface area (TPSA) is 84.0 Å². The Kier molecular flexibility index (Phi) is 4.39. The summed E-state index contributed by atoms with van der Waals surface area (Å²) in [5, 5.41) is 6.80. The van der Waals surface area contributed by atoms with Gasteiger partial charge >= 0.3 is 0 Å². The van der Waals surface area contributed by atoms with E-state index in [1.165, 1.54) is 0 Å². The van der Waals surface area contributed by atoms with Crippen molar-refractivity contribution < 1.29 is 9.53 Å². The number of benzene rings is 1. The van der Waals surface area contributed by atoms with Crippen molar-refractivity contribution in [2.75, 3.05) is 19.7 Å². The van der Waals surface area contributed by atoms with Crippen LogP contribution in [0.25, 0.3) is 11.4 Å². The van der Waals surface area contributed by atoms with E-state index >= 15 is 0 Å². The van der Waals surface area contributed by atoms with E-state index in [1.807, 2.05) is 48.4 Å². The van der Waals surface area contributed by atoms with E-state index < -0.39 is 5.60 Å². The normalized spacial score (nSPS) is 17.9. The van der Waals surface area contributed by atoms with Gasteiger partial charge in [-0.3, -0.25) is 9.89 Å². The molecule has 0 radical (unpaired) electrons. The highest BCUT2D eigenvalue weighted by atomic mass is 16.5. The Hall–Kier alpha value is -3.06. The number of amides is 1. The molecule has 1 N–H and O–H groups in total. The molecular formula is C22H23N5O2. The van der Waals surface area contributed by atoms with Gasteiger partial charge in [0.1, 0.15) is 11.3 Å². The molecule has 2 aliphatic heterocycles. The van der Waals surface area contributed by atoms with E-state index in [-0.39, 0.29) is 5.91 Å². The Balaban J connectivity index is 1.42. The summed E-state index contributed by atoms with van der Waals surface area (Å²) in [6, 6.07) is 10.0. The summed E-state index contributed by atoms with van der Waals surface area (Å²) >= 11 is 0. The van der Waals surface area contributed by atoms with E-state index in [0.29, 0.717) is 25.4 Å². The molecule has 148 valence electrons. The first-order valence-electron chi connectivity index (χ1n) is 10.0. The van der Waals surface area contributed by atoms with Crippen LogP contribution in [0.3, 0.4) is 0 Å². The average molecular weight is 389 g/mol. The van der Waals surface area contributed by atoms with Crippen LogP contribution < -0.4 is 0 Å². The largest absolute Gasteiger partial charge is 0.368 e. The first-order valence-corrected chi connectivity index (χ1v) is 10.0. The third-order valence-electron chi connectivity index (χ3n) is 5.98. The minimum atomic E-state index is -0.445. The minimum absolute atomic E-state index is 0.00135. The molecule has 0 unspecified atom stereocenters. The fourth-order valence-electron chi connectivity index (χ4n) is 4.31. The molecule has 7 nitrogen and oxygen atoms in total. The molecule has 1 saturated heterocycles. The summed E-state index contributed by atoms with van der Waals surface area (Å²) in [5.74, 6) is 0.722. The Bertz CT molecular complexity index is 1040. The molecule has 5 rings (SSSR count). The number of nitrogens with zero attached hydrogens (tertiary/aromatic N) is 4. The van der Waals surface area contributed by atoms with Gasteiger partial charge in [0.25, 0.3) is 5.91 Å². The number of piperidine rings is 1. The van der Waals surface area contributed by atoms with Crippen LogP contribution in [-0.2, 0) is 16.8 Å². The van der Waals surface area contributed by atoms with Crippen molar-refractivity contribution in [3.05, 3.63) is 65.2 Å². The SMILES string of the molecule is Cc1cn[nH]c1C(=O)N1CCC2(CC1)OCCc1cnc(-c3ccccc3)nc12. The smallest absolute Gasteiger partial charge is 0.272 e. The molecule has 0 bridgehead atoms. The maximum atomic E-state index is 12.8. The van der Waals surface area contributed by atoms with Crippen molar-refractivity contribution in [2.24, 2.45) is 0 Å². The van der Waals surface area contributed by atoms with Crippen LogP contribution in [0.15, 0.2) is 42.7 Å². The van der Waals surface area contributed by atoms with Crippen molar-refractivity contribution in [2.45, 2.75) is 31.8 Å². The van der Waals surface area contributed by atoms with Crippen molar-refractivity contribution in [3.63, 3.8) is 0 Å². The molecule has 4 heterocycles. The van der Waals surface area contributed by atoms with E-state index in [9.17, 15) is 4.79 Å². The van der Waals surface area contributed by atoms with Gasteiger partial charge in [-0.05, 0) is 37.3 Å². The Morgan fingerprint density at radius 1 is 1.17 bits per heavy atom. The van der Waals surface area contributed by atoms with Crippen LogP contribution in [0.4, 0.5) is 0 Å². The predicted molar refractivity (Wildman–Crippen MR) is 107 cm³/mol. The number of likely N-dealkylation sites (tertiary alicyclic amines) is 1. The van der Waals surface area contributed by atoms with Crippen molar-refractivity contribution in [3.8, 4) is 11.4 Å². The number of ether oxygens (including phenoxy) is 1. The number of rotatable bonds is 2. The maximum absolute atomic E-state index is 12.8. The number of carbonyl (C=O) groups excluding carboxylic acids is 1. The molecule has 0 atom stereocenters. The molecule has 1 amide bonds. The van der Waals surface area contributed by atoms with Crippen LogP contribution in [0.5, 0.6) is 0 Å². The summed E-state index contributed by atoms with van der Waals surface area (Å²) in [4.78, 5) is 24.2. The van der Waals surface area contributed by atoms with Crippen LogP contribution in [0, 0.1) is 6.92 Å². The Morgan fingerprint density at radius 2 is 1.97 bits per heavy atom. The fraction of sp³-hybridized carbons (Fsp3) is 0.364. The second-order valence-electron chi connectivity index (χ2n) is 7.75. The molecule has 2 aliphatic rings. The lowest BCUT2D eigenvalue weighted by atomic mass is 9.83. The molecule has 1 spiro atoms. The fourth-order valence-corrected chi connectivity index (χ4v) is 4.31. The van der Waals surface area contributed by atoms with Crippen molar-refractivity contribution in [1.82, 2.24) is 25.1 Å². The van der Waals surface area contributed by atoms with Crippen LogP contribution in [0.1, 0.15) is 40.2 Å². The number of nitrogens with one attached hydrogen (secondary N) is 1. The standard InChI is InChI=1S/C22H23N5O2/c1-15-13-24-26-18(15)21(28)27-10-8-22(9-11-27)19-17(7-12-29-22)14-23-20(25-19)16-5-3-2-4-6-16/h2-6,13-14H,7-12H2,1H3,(H,24,26). The van der Waals surface area contributed by atoms with Crippen molar-refractivity contribution in [1.29, 1.82) is 0 Å². The molecule has 7 heteroatoms. The number of aryl methyl sites for hydroxylation is 1. The van der Waals surface area contributed by atoms with Gasteiger partial charge in [-0.2, -0.15) is 5.10 Å². The highest BCUT2D eigenvalue weighted by molar-refractivity contribution is 5.93. The molecule has 1 aromatic carbocycles. The van der Waals surface area contributed by atoms with Gasteiger partial charge in [0.05, 0.1) is 18.5 Å². The second-order valence-corrected chi connectivity index (χ2v) is 7.75. The number of hydrogen-bond donors (Lipinski definition) is 1. The van der Waals surface area contributed by atoms with E-state index in [4.69, 9.17) is 9.72 Å². The van der Waals surface area contributed by atoms with Gasteiger partial charge in [-0.15, -0.1) is 0 Å². The molecule has 29 heavy (non-hydrogen) atoms. The highest BCUT2D eigenvalue weighted by Crippen LogP contribution is 2.41. The zero-order chi connectivity index (χ0) is 19.8. The average Bonchev–Trinajstić information content (AvgIpc) is 3.20. The molecule has 2 aromatic heterocycles. The number of fused-ring (bicyclic) bond motifs is 2. The number of aromatic amines is 1. The lowest BCUT2D eigenvalue weighted by molar-refractivity contribution is -0.0967. The van der Waals surface area contributed by atoms with Crippen LogP contribution >= 0.6 is 0 Å². The number of aromatic nitrogens is 4. The third kappa shape index (κ3) is 3.11. The van der Waals surface area contributed by atoms with Crippen molar-refractivity contribution >= 4 is 5.91 Å². The second kappa shape index (κ2) is 7.08. The molecular weight excluding hydrogens is 366 g/mol. The van der Waals surface area contributed by atoms with E-state index in [2.05, 4.69) is 15.2 Å². The van der Waals surface area contributed by atoms with Gasteiger partial charge < -0.3 is 9.64 Å². The quantitative estimate of drug-likeness (QED) is 0.729. The maximum Gasteiger partial charge on any atom is 0.272 e. The predicted octanol–water partition coefficient (Wildman–Crippen LogP) is 2.88. The lowest BCUT2D eigenvalue weighted by Crippen LogP contribution is -2.49. The van der Waals surface area contributed by atoms with Gasteiger partial charge in [0.2, 0.25) is 0 Å². The summed E-state index contributed by atoms with van der Waals surface area (Å²) < 4.78 is 6.32. The highest BCUT2D eigenvalue weighted by Gasteiger charge is 2.43. The summed E-state index contributed by atoms with van der Waals surface area (Å²) in [7, 11) is 0. The molecule has 3 aromatic rings. The van der Waals surface area contributed by atoms with Crippen LogP contribution in [0.2, 0.25) is 0 Å². The molecule has 1 fully saturated rings. The zero-order valence-corrected chi connectivity index (χ0v) is 16.4. The number of H-pyrrole nitrogens is 1. The monoisotopic (exact) mass is 389 g/mol. The first-order chi connectivity index (χ1) is 14.2. The van der Waals surface area contributed by atoms with Gasteiger partial charge in [0.15, 0.2) is 5.82 Å². The van der Waals surface area contributed by atoms with Gasteiger partial charge in [0, 0.05) is 24.8 Å². The molecule has 0 aliphatic carbocycles. The third-order valence-corrected chi connectivity index (χ3v) is 5.98. The Labute approximate surface area is 169 Å². The van der Waals surface area contributed by atoms with Gasteiger partial charge in [-0.1, -0.05) is 30.3 Å². The van der Waals surface area contributed by atoms with E-state index in [1.54, 1.807) is 6.20 Å². The first kappa shape index (κ1) is 18.0. The summed E-state index contributed by atoms with van der Waals surface area (Å²) in [6.07, 6.45) is 5.90. The van der Waals surface area contributed by atoms with Crippen LogP contribution in [-0.4, -0.2) is 50.7 Å². The van der Waals surface area contributed by atoms with Gasteiger partial charge in [-0.25, -0.2) is 9.97 Å². The Morgan fingerprint density at radius 3 is 2.69 bits per heavy atom. The summed E-state index contributed by atoms with van der Waals surface area (Å²) in [5.41, 5.74) is 4.13. The number of carbonyl (C=O) groups is 1. The zero-order valence-electron chi connectivity index (χ0n) is 16.4. The summed E-state index contributed by atoms with van der Waals surface area (Å²) in [6.45, 7) is 3.81. The van der Waals surface area contributed by atoms with E-state index in [0.717, 1.165) is 47.5 Å².